The number of aromatic nitrogens is 2. The number of piperazine rings is 1. The molecule has 3 rings (SSSR count). The van der Waals surface area contributed by atoms with Gasteiger partial charge in [0.2, 0.25) is 5.95 Å². The van der Waals surface area contributed by atoms with Gasteiger partial charge in [-0.05, 0) is 37.1 Å². The zero-order chi connectivity index (χ0) is 15.5. The van der Waals surface area contributed by atoms with Crippen molar-refractivity contribution < 1.29 is 0 Å². The first-order valence-electron chi connectivity index (χ1n) is 7.55. The molecule has 1 aromatic carbocycles. The van der Waals surface area contributed by atoms with E-state index in [0.717, 1.165) is 32.0 Å². The molecule has 3 N–H and O–H groups in total. The van der Waals surface area contributed by atoms with E-state index in [1.54, 1.807) is 6.20 Å². The van der Waals surface area contributed by atoms with Crippen molar-refractivity contribution in [1.82, 2.24) is 9.97 Å². The van der Waals surface area contributed by atoms with E-state index in [1.807, 2.05) is 6.07 Å². The van der Waals surface area contributed by atoms with Crippen LogP contribution in [0.15, 0.2) is 30.5 Å². The minimum absolute atomic E-state index is 0.453. The van der Waals surface area contributed by atoms with Crippen LogP contribution in [0.1, 0.15) is 11.1 Å². The van der Waals surface area contributed by atoms with Crippen molar-refractivity contribution in [3.63, 3.8) is 0 Å². The number of hydrogen-bond acceptors (Lipinski definition) is 6. The lowest BCUT2D eigenvalue weighted by atomic mass is 10.1. The average Bonchev–Trinajstić information content (AvgIpc) is 2.58. The van der Waals surface area contributed by atoms with Gasteiger partial charge in [-0.15, -0.1) is 0 Å². The van der Waals surface area contributed by atoms with E-state index in [-0.39, 0.29) is 0 Å². The Morgan fingerprint density at radius 2 is 1.77 bits per heavy atom. The van der Waals surface area contributed by atoms with Crippen LogP contribution in [0.3, 0.4) is 0 Å². The van der Waals surface area contributed by atoms with Crippen molar-refractivity contribution in [1.29, 1.82) is 0 Å². The number of nitrogens with two attached hydrogens (primary N) is 1. The van der Waals surface area contributed by atoms with E-state index < -0.39 is 0 Å². The third kappa shape index (κ3) is 2.82. The molecule has 116 valence electrons. The summed E-state index contributed by atoms with van der Waals surface area (Å²) < 4.78 is 0. The first-order chi connectivity index (χ1) is 10.7. The highest BCUT2D eigenvalue weighted by Gasteiger charge is 2.20. The van der Waals surface area contributed by atoms with Crippen molar-refractivity contribution >= 4 is 17.5 Å². The Morgan fingerprint density at radius 3 is 2.50 bits per heavy atom. The van der Waals surface area contributed by atoms with Crippen LogP contribution < -0.4 is 21.1 Å². The Balaban J connectivity index is 1.71. The molecule has 0 atom stereocenters. The van der Waals surface area contributed by atoms with E-state index in [0.29, 0.717) is 5.95 Å². The Kier molecular flexibility index (Phi) is 4.11. The third-order valence-corrected chi connectivity index (χ3v) is 4.29. The summed E-state index contributed by atoms with van der Waals surface area (Å²) in [6.45, 7) is 8.21. The molecular formula is C16H22N6. The monoisotopic (exact) mass is 298 g/mol. The van der Waals surface area contributed by atoms with Gasteiger partial charge in [-0.1, -0.05) is 12.1 Å². The number of benzene rings is 1. The van der Waals surface area contributed by atoms with Crippen LogP contribution in [0.5, 0.6) is 0 Å². The average molecular weight is 298 g/mol. The molecule has 22 heavy (non-hydrogen) atoms. The number of hydrazine groups is 1. The first-order valence-corrected chi connectivity index (χ1v) is 7.55. The zero-order valence-corrected chi connectivity index (χ0v) is 13.1. The van der Waals surface area contributed by atoms with Gasteiger partial charge in [0.05, 0.1) is 0 Å². The topological polar surface area (TPSA) is 70.3 Å². The quantitative estimate of drug-likeness (QED) is 0.664. The molecule has 6 heteroatoms. The van der Waals surface area contributed by atoms with Gasteiger partial charge in [0.15, 0.2) is 0 Å². The Hall–Kier alpha value is -2.34. The second-order valence-corrected chi connectivity index (χ2v) is 5.58. The molecule has 0 spiro atoms. The van der Waals surface area contributed by atoms with Gasteiger partial charge < -0.3 is 9.80 Å². The van der Waals surface area contributed by atoms with Crippen molar-refractivity contribution in [2.45, 2.75) is 13.8 Å². The van der Waals surface area contributed by atoms with E-state index in [2.05, 4.69) is 57.2 Å². The highest BCUT2D eigenvalue weighted by molar-refractivity contribution is 5.57. The molecule has 1 aliphatic rings. The Bertz CT molecular complexity index is 649. The predicted molar refractivity (Wildman–Crippen MR) is 90.2 cm³/mol. The summed E-state index contributed by atoms with van der Waals surface area (Å²) >= 11 is 0. The van der Waals surface area contributed by atoms with Crippen LogP contribution in [-0.2, 0) is 0 Å². The standard InChI is InChI=1S/C16H22N6/c1-12-4-3-5-14(13(12)2)21-8-10-22(11-9-21)15-6-7-18-16(19-15)20-17/h3-7H,8-11,17H2,1-2H3,(H,18,19,20). The Labute approximate surface area is 130 Å². The molecule has 0 saturated carbocycles. The molecule has 6 nitrogen and oxygen atoms in total. The van der Waals surface area contributed by atoms with Crippen LogP contribution in [0.4, 0.5) is 17.5 Å². The number of nitrogens with one attached hydrogen (secondary N) is 1. The molecule has 0 radical (unpaired) electrons. The van der Waals surface area contributed by atoms with Gasteiger partial charge in [-0.3, -0.25) is 5.43 Å². The van der Waals surface area contributed by atoms with Crippen molar-refractivity contribution in [2.24, 2.45) is 5.84 Å². The molecule has 1 fully saturated rings. The SMILES string of the molecule is Cc1cccc(N2CCN(c3ccnc(NN)n3)CC2)c1C. The van der Waals surface area contributed by atoms with Gasteiger partial charge >= 0.3 is 0 Å². The summed E-state index contributed by atoms with van der Waals surface area (Å²) in [7, 11) is 0. The van der Waals surface area contributed by atoms with Crippen molar-refractivity contribution in [2.75, 3.05) is 41.4 Å². The lowest BCUT2D eigenvalue weighted by molar-refractivity contribution is 0.645. The molecule has 1 aliphatic heterocycles. The molecule has 0 unspecified atom stereocenters. The van der Waals surface area contributed by atoms with Gasteiger partial charge in [0, 0.05) is 38.1 Å². The molecule has 1 aromatic heterocycles. The fraction of sp³-hybridized carbons (Fsp3) is 0.375. The fourth-order valence-corrected chi connectivity index (χ4v) is 2.85. The first kappa shape index (κ1) is 14.6. The third-order valence-electron chi connectivity index (χ3n) is 4.29. The number of rotatable bonds is 3. The fourth-order valence-electron chi connectivity index (χ4n) is 2.85. The second-order valence-electron chi connectivity index (χ2n) is 5.58. The maximum Gasteiger partial charge on any atom is 0.239 e. The van der Waals surface area contributed by atoms with E-state index in [1.165, 1.54) is 16.8 Å². The largest absolute Gasteiger partial charge is 0.368 e. The molecule has 0 amide bonds. The van der Waals surface area contributed by atoms with Gasteiger partial charge in [0.25, 0.3) is 0 Å². The normalized spacial score (nSPS) is 15.0. The number of nitrogen functional groups attached to an aromatic ring is 1. The smallest absolute Gasteiger partial charge is 0.239 e. The highest BCUT2D eigenvalue weighted by Crippen LogP contribution is 2.25. The van der Waals surface area contributed by atoms with Crippen LogP contribution in [0.25, 0.3) is 0 Å². The van der Waals surface area contributed by atoms with Crippen molar-refractivity contribution in [3.05, 3.63) is 41.6 Å². The summed E-state index contributed by atoms with van der Waals surface area (Å²) in [4.78, 5) is 13.2. The predicted octanol–water partition coefficient (Wildman–Crippen LogP) is 1.71. The van der Waals surface area contributed by atoms with Gasteiger partial charge in [-0.25, -0.2) is 10.8 Å². The molecule has 2 aromatic rings. The maximum absolute atomic E-state index is 5.38. The summed E-state index contributed by atoms with van der Waals surface area (Å²) in [6, 6.07) is 8.43. The summed E-state index contributed by atoms with van der Waals surface area (Å²) in [5.41, 5.74) is 6.55. The minimum Gasteiger partial charge on any atom is -0.368 e. The zero-order valence-electron chi connectivity index (χ0n) is 13.1. The Morgan fingerprint density at radius 1 is 1.05 bits per heavy atom. The van der Waals surface area contributed by atoms with E-state index in [4.69, 9.17) is 5.84 Å². The van der Waals surface area contributed by atoms with Crippen LogP contribution >= 0.6 is 0 Å². The number of anilines is 3. The lowest BCUT2D eigenvalue weighted by Crippen LogP contribution is -2.47. The van der Waals surface area contributed by atoms with Crippen LogP contribution in [0.2, 0.25) is 0 Å². The lowest BCUT2D eigenvalue weighted by Gasteiger charge is -2.37. The van der Waals surface area contributed by atoms with E-state index in [9.17, 15) is 0 Å². The van der Waals surface area contributed by atoms with E-state index >= 15 is 0 Å². The molecule has 0 bridgehead atoms. The summed E-state index contributed by atoms with van der Waals surface area (Å²) in [6.07, 6.45) is 1.73. The molecule has 0 aliphatic carbocycles. The van der Waals surface area contributed by atoms with Crippen LogP contribution in [-0.4, -0.2) is 36.1 Å². The number of aryl methyl sites for hydroxylation is 1. The maximum atomic E-state index is 5.38. The van der Waals surface area contributed by atoms with Gasteiger partial charge in [0.1, 0.15) is 5.82 Å². The van der Waals surface area contributed by atoms with Gasteiger partial charge in [-0.2, -0.15) is 4.98 Å². The minimum atomic E-state index is 0.453. The molecule has 1 saturated heterocycles. The molecular weight excluding hydrogens is 276 g/mol. The highest BCUT2D eigenvalue weighted by atomic mass is 15.3. The number of hydrogen-bond donors (Lipinski definition) is 2. The molecule has 2 heterocycles. The number of nitrogens with zero attached hydrogens (tertiary/aromatic N) is 4. The van der Waals surface area contributed by atoms with Crippen LogP contribution in [0, 0.1) is 13.8 Å². The summed E-state index contributed by atoms with van der Waals surface area (Å²) in [5, 5.41) is 0. The second kappa shape index (κ2) is 6.19. The summed E-state index contributed by atoms with van der Waals surface area (Å²) in [5.74, 6) is 6.75. The van der Waals surface area contributed by atoms with Crippen molar-refractivity contribution in [3.8, 4) is 0 Å².